The van der Waals surface area contributed by atoms with E-state index in [-0.39, 0.29) is 59.8 Å². The standard InChI is InChI=1S/C68H90N4O8/c1-39-27-23-19-15-11-13-17-21-25-37-77-61(73)57-53(65(57,3)4)49-41-29-30-42(69-41)50-44-32-34-46(71-44)52(48-36-35-47(72-48)51(45-33-31-43(49)70-45)55-59(63(75)79-39)67(55,7)8)56-60(68(56,9)10)64(76)80-40(2)28-24-20-16-12-14-18-22-26-38-78-62(74)58-54(50)66(58,5)6/h29-36,39-40,53-60,70,72H,11-28,37-38H2,1-10H3/t39?,40?,53-,54-,55-,56-,57-,58-,59-,60-/m0/s1. The smallest absolute Gasteiger partial charge is 0.310 e. The number of carbonyl (C=O) groups is 4. The number of esters is 4. The molecule has 0 aromatic carbocycles. The molecule has 12 nitrogen and oxygen atoms in total. The van der Waals surface area contributed by atoms with Gasteiger partial charge in [-0.1, -0.05) is 132 Å². The molecule has 0 amide bonds. The second-order valence-corrected chi connectivity index (χ2v) is 27.8. The van der Waals surface area contributed by atoms with Crippen LogP contribution in [0.15, 0.2) is 24.3 Å². The summed E-state index contributed by atoms with van der Waals surface area (Å²) in [6.45, 7) is 22.1. The summed E-state index contributed by atoms with van der Waals surface area (Å²) in [4.78, 5) is 76.9. The summed E-state index contributed by atoms with van der Waals surface area (Å²) in [5.41, 5.74) is 8.20. The second-order valence-electron chi connectivity index (χ2n) is 27.8. The SMILES string of the molecule is CC1CCCCCCCCCCOC(=O)[C@@H]2[C@H](c3c4nc(c5c6ccc([nH]6)c(c6ccc([nH]6)c(c6nc3C=C6)[C@H]3[C@@H](C(=O)O1)C3(C)C)[C@H]1[C@@H](C(=O)OC(C)CCCCCCCCCCOC(=O)[C@@H]3[C@H]5C3(C)C)C1(C)C)C=C4)C2(C)C. The molecule has 3 aromatic rings. The van der Waals surface area contributed by atoms with E-state index in [1.165, 1.54) is 0 Å². The lowest BCUT2D eigenvalue weighted by molar-refractivity contribution is -0.152. The predicted molar refractivity (Wildman–Crippen MR) is 315 cm³/mol. The van der Waals surface area contributed by atoms with Crippen LogP contribution in [0, 0.1) is 45.3 Å². The highest BCUT2D eigenvalue weighted by atomic mass is 16.6. The fourth-order valence-electron chi connectivity index (χ4n) is 15.4. The Kier molecular flexibility index (Phi) is 15.5. The van der Waals surface area contributed by atoms with E-state index in [2.05, 4.69) is 114 Å². The zero-order valence-corrected chi connectivity index (χ0v) is 49.7. The summed E-state index contributed by atoms with van der Waals surface area (Å²) in [6.07, 6.45) is 26.6. The highest BCUT2D eigenvalue weighted by Gasteiger charge is 2.68. The molecule has 4 aliphatic carbocycles. The van der Waals surface area contributed by atoms with Crippen molar-refractivity contribution in [2.45, 2.75) is 221 Å². The van der Waals surface area contributed by atoms with Gasteiger partial charge in [0, 0.05) is 68.0 Å². The quantitative estimate of drug-likeness (QED) is 0.113. The summed E-state index contributed by atoms with van der Waals surface area (Å²) >= 11 is 0. The molecule has 0 spiro atoms. The van der Waals surface area contributed by atoms with E-state index in [9.17, 15) is 19.2 Å². The maximum Gasteiger partial charge on any atom is 0.310 e. The molecule has 11 rings (SSSR count). The number of carbonyl (C=O) groups excluding carboxylic acids is 4. The molecule has 4 saturated carbocycles. The van der Waals surface area contributed by atoms with E-state index in [1.807, 2.05) is 13.8 Å². The first kappa shape index (κ1) is 56.3. The molecule has 2 unspecified atom stereocenters. The van der Waals surface area contributed by atoms with Gasteiger partial charge in [-0.2, -0.15) is 0 Å². The van der Waals surface area contributed by atoms with Crippen molar-refractivity contribution in [1.82, 2.24) is 19.9 Å². The van der Waals surface area contributed by atoms with Crippen LogP contribution in [-0.2, 0) is 38.1 Å². The molecule has 80 heavy (non-hydrogen) atoms. The zero-order chi connectivity index (χ0) is 56.5. The third-order valence-electron chi connectivity index (χ3n) is 20.6. The number of nitrogens with zero attached hydrogens (tertiary/aromatic N) is 2. The minimum atomic E-state index is -0.461. The highest BCUT2D eigenvalue weighted by molar-refractivity contribution is 5.91. The third-order valence-corrected chi connectivity index (χ3v) is 20.6. The fraction of sp³-hybridized carbons (Fsp3) is 0.647. The summed E-state index contributed by atoms with van der Waals surface area (Å²) < 4.78 is 25.0. The number of hydrogen-bond acceptors (Lipinski definition) is 10. The molecule has 4 aliphatic heterocycles. The molecule has 430 valence electrons. The number of nitrogens with one attached hydrogen (secondary N) is 2. The lowest BCUT2D eigenvalue weighted by atomic mass is 10.00. The number of rotatable bonds is 0. The van der Waals surface area contributed by atoms with Crippen LogP contribution in [-0.4, -0.2) is 69.2 Å². The molecule has 12 bridgehead atoms. The van der Waals surface area contributed by atoms with Gasteiger partial charge in [-0.05, 0) is 123 Å². The van der Waals surface area contributed by atoms with Crippen LogP contribution in [0.1, 0.15) is 254 Å². The third kappa shape index (κ3) is 10.6. The molecular formula is C68H90N4O8. The summed E-state index contributed by atoms with van der Waals surface area (Å²) in [7, 11) is 0. The van der Waals surface area contributed by atoms with Crippen LogP contribution in [0.4, 0.5) is 0 Å². The van der Waals surface area contributed by atoms with Crippen molar-refractivity contribution in [2.24, 2.45) is 45.3 Å². The Hall–Kier alpha value is -5.52. The number of hydrogen-bond donors (Lipinski definition) is 2. The second kappa shape index (κ2) is 22.0. The Balaban J connectivity index is 1.14. The maximum absolute atomic E-state index is 14.6. The van der Waals surface area contributed by atoms with E-state index >= 15 is 0 Å². The first-order chi connectivity index (χ1) is 38.2. The Morgan fingerprint density at radius 2 is 0.637 bits per heavy atom. The minimum absolute atomic E-state index is 0.173. The van der Waals surface area contributed by atoms with Gasteiger partial charge in [-0.25, -0.2) is 9.97 Å². The predicted octanol–water partition coefficient (Wildman–Crippen LogP) is 15.6. The average Bonchev–Trinajstić information content (AvgIpc) is 3.53. The van der Waals surface area contributed by atoms with Gasteiger partial charge >= 0.3 is 23.9 Å². The van der Waals surface area contributed by atoms with Crippen molar-refractivity contribution in [3.63, 3.8) is 0 Å². The fourth-order valence-corrected chi connectivity index (χ4v) is 15.4. The molecule has 0 saturated heterocycles. The molecule has 12 heteroatoms. The molecule has 0 radical (unpaired) electrons. The number of fused-ring (bicyclic) bond motifs is 16. The number of cyclic esters (lactones) is 4. The Labute approximate surface area is 474 Å². The topological polar surface area (TPSA) is 163 Å². The summed E-state index contributed by atoms with van der Waals surface area (Å²) in [6, 6.07) is 8.47. The molecule has 3 aromatic heterocycles. The summed E-state index contributed by atoms with van der Waals surface area (Å²) in [5, 5.41) is 0. The van der Waals surface area contributed by atoms with Crippen LogP contribution < -0.4 is 0 Å². The van der Waals surface area contributed by atoms with Crippen molar-refractivity contribution in [1.29, 1.82) is 0 Å². The molecule has 4 fully saturated rings. The van der Waals surface area contributed by atoms with Crippen molar-refractivity contribution in [3.8, 4) is 0 Å². The molecule has 8 aliphatic rings. The Morgan fingerprint density at radius 3 is 1.00 bits per heavy atom. The number of H-pyrrole nitrogens is 2. The van der Waals surface area contributed by atoms with Gasteiger partial charge in [0.1, 0.15) is 0 Å². The van der Waals surface area contributed by atoms with E-state index in [1.54, 1.807) is 0 Å². The monoisotopic (exact) mass is 1090 g/mol. The van der Waals surface area contributed by atoms with Crippen LogP contribution in [0.5, 0.6) is 0 Å². The maximum atomic E-state index is 14.6. The van der Waals surface area contributed by atoms with E-state index in [0.717, 1.165) is 183 Å². The zero-order valence-electron chi connectivity index (χ0n) is 49.7. The minimum Gasteiger partial charge on any atom is -0.465 e. The first-order valence-electron chi connectivity index (χ1n) is 31.1. The molecular weight excluding hydrogens is 1000 g/mol. The Bertz CT molecular complexity index is 3130. The van der Waals surface area contributed by atoms with Gasteiger partial charge in [0.15, 0.2) is 0 Å². The van der Waals surface area contributed by atoms with Crippen molar-refractivity contribution >= 4 is 70.2 Å². The van der Waals surface area contributed by atoms with Crippen LogP contribution in [0.3, 0.4) is 0 Å². The number of aromatic nitrogens is 4. The van der Waals surface area contributed by atoms with E-state index in [4.69, 9.17) is 28.9 Å². The summed E-state index contributed by atoms with van der Waals surface area (Å²) in [5.74, 6) is -3.28. The molecule has 2 N–H and O–H groups in total. The van der Waals surface area contributed by atoms with Crippen molar-refractivity contribution < 1.29 is 38.1 Å². The van der Waals surface area contributed by atoms with Gasteiger partial charge in [-0.15, -0.1) is 0 Å². The lowest BCUT2D eigenvalue weighted by Crippen LogP contribution is -2.18. The van der Waals surface area contributed by atoms with Gasteiger partial charge in [0.05, 0.1) is 71.9 Å². The number of ether oxygens (including phenoxy) is 4. The van der Waals surface area contributed by atoms with E-state index < -0.39 is 45.3 Å². The number of aromatic amines is 2. The molecule has 7 heterocycles. The normalized spacial score (nSPS) is 31.7. The Morgan fingerprint density at radius 1 is 0.362 bits per heavy atom. The van der Waals surface area contributed by atoms with E-state index in [0.29, 0.717) is 13.2 Å². The van der Waals surface area contributed by atoms with Crippen LogP contribution in [0.25, 0.3) is 46.4 Å². The highest BCUT2D eigenvalue weighted by Crippen LogP contribution is 2.70. The van der Waals surface area contributed by atoms with Gasteiger partial charge in [0.25, 0.3) is 0 Å². The van der Waals surface area contributed by atoms with Gasteiger partial charge in [-0.3, -0.25) is 19.2 Å². The van der Waals surface area contributed by atoms with Crippen molar-refractivity contribution in [3.05, 3.63) is 69.3 Å². The van der Waals surface area contributed by atoms with Gasteiger partial charge in [0.2, 0.25) is 0 Å². The average molecular weight is 1090 g/mol. The first-order valence-corrected chi connectivity index (χ1v) is 31.1. The van der Waals surface area contributed by atoms with Crippen molar-refractivity contribution in [2.75, 3.05) is 13.2 Å². The lowest BCUT2D eigenvalue weighted by Gasteiger charge is -2.14. The van der Waals surface area contributed by atoms with Crippen LogP contribution in [0.2, 0.25) is 0 Å². The largest absolute Gasteiger partial charge is 0.465 e. The molecule has 10 atom stereocenters. The van der Waals surface area contributed by atoms with Crippen LogP contribution >= 0.6 is 0 Å². The van der Waals surface area contributed by atoms with Gasteiger partial charge < -0.3 is 28.9 Å².